The molecule has 4 N–H and O–H groups in total. The second-order valence-corrected chi connectivity index (χ2v) is 6.99. The average molecular weight is 454 g/mol. The van der Waals surface area contributed by atoms with Gasteiger partial charge in [0.15, 0.2) is 0 Å². The first-order valence-corrected chi connectivity index (χ1v) is 9.63. The molecule has 1 amide bonds. The van der Waals surface area contributed by atoms with E-state index in [9.17, 15) is 18.0 Å². The minimum absolute atomic E-state index is 0.0182. The molecule has 164 valence electrons. The third-order valence-electron chi connectivity index (χ3n) is 4.54. The van der Waals surface area contributed by atoms with Crippen molar-refractivity contribution < 1.29 is 23.1 Å². The summed E-state index contributed by atoms with van der Waals surface area (Å²) >= 11 is 6.23. The fourth-order valence-corrected chi connectivity index (χ4v) is 3.25. The zero-order valence-electron chi connectivity index (χ0n) is 16.4. The maximum Gasteiger partial charge on any atom is 0.416 e. The Kier molecular flexibility index (Phi) is 6.51. The molecule has 0 atom stereocenters. The topological polar surface area (TPSA) is 106 Å². The number of aromatic nitrogens is 3. The first-order chi connectivity index (χ1) is 14.7. The van der Waals surface area contributed by atoms with Crippen LogP contribution in [0, 0.1) is 0 Å². The van der Waals surface area contributed by atoms with Crippen LogP contribution in [0.2, 0.25) is 5.02 Å². The summed E-state index contributed by atoms with van der Waals surface area (Å²) in [7, 11) is 0. The molecule has 0 bridgehead atoms. The van der Waals surface area contributed by atoms with E-state index in [0.717, 1.165) is 12.1 Å². The fraction of sp³-hybridized carbons (Fsp3) is 0.250. The van der Waals surface area contributed by atoms with E-state index in [1.807, 2.05) is 0 Å². The van der Waals surface area contributed by atoms with Gasteiger partial charge in [-0.25, -0.2) is 9.97 Å². The smallest absolute Gasteiger partial charge is 0.395 e. The SMILES string of the molecule is CCc1ccc(C(F)(F)F)cc1-n1cc(C(=O)NCCO)cc1-c1nc(N)ncc1Cl. The largest absolute Gasteiger partial charge is 0.416 e. The Morgan fingerprint density at radius 2 is 2.06 bits per heavy atom. The summed E-state index contributed by atoms with van der Waals surface area (Å²) in [5.41, 5.74) is 6.26. The third-order valence-corrected chi connectivity index (χ3v) is 4.81. The number of aliphatic hydroxyl groups excluding tert-OH is 1. The van der Waals surface area contributed by atoms with Crippen molar-refractivity contribution in [2.75, 3.05) is 18.9 Å². The minimum Gasteiger partial charge on any atom is -0.395 e. The number of halogens is 4. The van der Waals surface area contributed by atoms with E-state index in [-0.39, 0.29) is 46.8 Å². The molecule has 0 aliphatic rings. The maximum atomic E-state index is 13.4. The predicted molar refractivity (Wildman–Crippen MR) is 110 cm³/mol. The molecule has 0 radical (unpaired) electrons. The molecule has 31 heavy (non-hydrogen) atoms. The number of alkyl halides is 3. The van der Waals surface area contributed by atoms with Crippen LogP contribution >= 0.6 is 11.6 Å². The molecule has 3 rings (SSSR count). The average Bonchev–Trinajstić information content (AvgIpc) is 3.17. The van der Waals surface area contributed by atoms with Crippen LogP contribution in [-0.2, 0) is 12.6 Å². The van der Waals surface area contributed by atoms with Crippen LogP contribution in [0.5, 0.6) is 0 Å². The van der Waals surface area contributed by atoms with Gasteiger partial charge in [0.1, 0.15) is 5.69 Å². The van der Waals surface area contributed by atoms with Crippen molar-refractivity contribution in [3.8, 4) is 17.1 Å². The second kappa shape index (κ2) is 8.94. The lowest BCUT2D eigenvalue weighted by Crippen LogP contribution is -2.25. The van der Waals surface area contributed by atoms with Crippen LogP contribution in [0.3, 0.4) is 0 Å². The molecule has 0 saturated carbocycles. The summed E-state index contributed by atoms with van der Waals surface area (Å²) in [6.45, 7) is 1.56. The van der Waals surface area contributed by atoms with Crippen molar-refractivity contribution in [1.82, 2.24) is 19.9 Å². The number of nitrogens with zero attached hydrogens (tertiary/aromatic N) is 3. The highest BCUT2D eigenvalue weighted by atomic mass is 35.5. The number of aliphatic hydroxyl groups is 1. The third kappa shape index (κ3) is 4.80. The molecular weight excluding hydrogens is 435 g/mol. The molecule has 11 heteroatoms. The summed E-state index contributed by atoms with van der Waals surface area (Å²) in [5.74, 6) is -0.601. The molecular formula is C20H19ClF3N5O2. The summed E-state index contributed by atoms with van der Waals surface area (Å²) in [6.07, 6.45) is -1.44. The molecule has 0 spiro atoms. The predicted octanol–water partition coefficient (Wildman–Crippen LogP) is 3.47. The number of anilines is 1. The highest BCUT2D eigenvalue weighted by Gasteiger charge is 2.31. The lowest BCUT2D eigenvalue weighted by Gasteiger charge is -2.16. The van der Waals surface area contributed by atoms with Crippen LogP contribution in [0.25, 0.3) is 17.1 Å². The molecule has 1 aromatic carbocycles. The lowest BCUT2D eigenvalue weighted by atomic mass is 10.1. The van der Waals surface area contributed by atoms with Gasteiger partial charge in [-0.05, 0) is 30.2 Å². The van der Waals surface area contributed by atoms with Crippen molar-refractivity contribution in [3.05, 3.63) is 58.4 Å². The lowest BCUT2D eigenvalue weighted by molar-refractivity contribution is -0.137. The number of rotatable bonds is 6. The van der Waals surface area contributed by atoms with Gasteiger partial charge in [-0.3, -0.25) is 4.79 Å². The first-order valence-electron chi connectivity index (χ1n) is 9.26. The highest BCUT2D eigenvalue weighted by molar-refractivity contribution is 6.32. The van der Waals surface area contributed by atoms with E-state index >= 15 is 0 Å². The van der Waals surface area contributed by atoms with Gasteiger partial charge < -0.3 is 20.7 Å². The van der Waals surface area contributed by atoms with Gasteiger partial charge in [-0.15, -0.1) is 0 Å². The molecule has 2 aromatic heterocycles. The number of benzene rings is 1. The van der Waals surface area contributed by atoms with Crippen molar-refractivity contribution in [2.45, 2.75) is 19.5 Å². The highest BCUT2D eigenvalue weighted by Crippen LogP contribution is 2.35. The van der Waals surface area contributed by atoms with Gasteiger partial charge in [0.2, 0.25) is 5.95 Å². The molecule has 2 heterocycles. The fourth-order valence-electron chi connectivity index (χ4n) is 3.06. The molecule has 0 fully saturated rings. The number of nitrogen functional groups attached to an aromatic ring is 1. The van der Waals surface area contributed by atoms with Crippen molar-refractivity contribution in [2.24, 2.45) is 0 Å². The number of hydrogen-bond donors (Lipinski definition) is 3. The first kappa shape index (κ1) is 22.6. The zero-order valence-corrected chi connectivity index (χ0v) is 17.1. The van der Waals surface area contributed by atoms with E-state index in [1.54, 1.807) is 6.92 Å². The molecule has 7 nitrogen and oxygen atoms in total. The quantitative estimate of drug-likeness (QED) is 0.530. The van der Waals surface area contributed by atoms with Gasteiger partial charge in [-0.1, -0.05) is 24.6 Å². The van der Waals surface area contributed by atoms with E-state index in [4.69, 9.17) is 22.4 Å². The normalized spacial score (nSPS) is 11.5. The Morgan fingerprint density at radius 1 is 1.32 bits per heavy atom. The van der Waals surface area contributed by atoms with Crippen molar-refractivity contribution in [1.29, 1.82) is 0 Å². The number of aryl methyl sites for hydroxylation is 1. The van der Waals surface area contributed by atoms with Crippen LogP contribution < -0.4 is 11.1 Å². The Bertz CT molecular complexity index is 1110. The molecule has 0 unspecified atom stereocenters. The number of nitrogens with one attached hydrogen (secondary N) is 1. The van der Waals surface area contributed by atoms with Gasteiger partial charge in [0, 0.05) is 18.4 Å². The molecule has 3 aromatic rings. The van der Waals surface area contributed by atoms with Crippen LogP contribution in [0.1, 0.15) is 28.4 Å². The van der Waals surface area contributed by atoms with Crippen LogP contribution in [0.15, 0.2) is 36.7 Å². The number of hydrogen-bond acceptors (Lipinski definition) is 5. The van der Waals surface area contributed by atoms with E-state index in [0.29, 0.717) is 12.0 Å². The number of amides is 1. The summed E-state index contributed by atoms with van der Waals surface area (Å²) in [5, 5.41) is 11.6. The van der Waals surface area contributed by atoms with Crippen molar-refractivity contribution in [3.63, 3.8) is 0 Å². The van der Waals surface area contributed by atoms with E-state index < -0.39 is 17.6 Å². The van der Waals surface area contributed by atoms with Gasteiger partial charge in [0.25, 0.3) is 5.91 Å². The zero-order chi connectivity index (χ0) is 22.8. The molecule has 0 saturated heterocycles. The Balaban J connectivity index is 2.27. The summed E-state index contributed by atoms with van der Waals surface area (Å²) < 4.78 is 41.6. The maximum absolute atomic E-state index is 13.4. The monoisotopic (exact) mass is 453 g/mol. The standard InChI is InChI=1S/C20H19ClF3N5O2/c1-2-11-3-4-13(20(22,23)24)8-15(11)29-10-12(18(31)26-5-6-30)7-16(29)17-14(21)9-27-19(25)28-17/h3-4,7-10,30H,2,5-6H2,1H3,(H,26,31)(H2,25,27,28). The molecule has 0 aliphatic heterocycles. The molecule has 0 aliphatic carbocycles. The summed E-state index contributed by atoms with van der Waals surface area (Å²) in [4.78, 5) is 20.4. The Hall–Kier alpha value is -3.11. The van der Waals surface area contributed by atoms with Gasteiger partial charge >= 0.3 is 6.18 Å². The number of carbonyl (C=O) groups is 1. The Morgan fingerprint density at radius 3 is 2.71 bits per heavy atom. The van der Waals surface area contributed by atoms with Crippen molar-refractivity contribution >= 4 is 23.5 Å². The van der Waals surface area contributed by atoms with Crippen LogP contribution in [-0.4, -0.2) is 38.7 Å². The van der Waals surface area contributed by atoms with Gasteiger partial charge in [-0.2, -0.15) is 13.2 Å². The summed E-state index contributed by atoms with van der Waals surface area (Å²) in [6, 6.07) is 4.86. The van der Waals surface area contributed by atoms with Crippen LogP contribution in [0.4, 0.5) is 19.1 Å². The number of carbonyl (C=O) groups excluding carboxylic acids is 1. The second-order valence-electron chi connectivity index (χ2n) is 6.58. The Labute approximate surface area is 180 Å². The van der Waals surface area contributed by atoms with Gasteiger partial charge in [0.05, 0.1) is 34.6 Å². The van der Waals surface area contributed by atoms with E-state index in [1.165, 1.54) is 29.1 Å². The van der Waals surface area contributed by atoms with E-state index in [2.05, 4.69) is 15.3 Å². The minimum atomic E-state index is -4.55. The number of nitrogens with two attached hydrogens (primary N) is 1.